The summed E-state index contributed by atoms with van der Waals surface area (Å²) in [5.74, 6) is 0.0739. The Kier molecular flexibility index (Phi) is 10.7. The number of halogens is 2. The molecule has 1 aliphatic heterocycles. The van der Waals surface area contributed by atoms with Crippen LogP contribution in [-0.4, -0.2) is 60.0 Å². The van der Waals surface area contributed by atoms with Crippen molar-refractivity contribution in [2.75, 3.05) is 37.4 Å². The van der Waals surface area contributed by atoms with Crippen LogP contribution in [0.25, 0.3) is 10.9 Å². The number of aliphatic hydroxyl groups excluding tert-OH is 1. The molecule has 4 aromatic rings. The third-order valence-corrected chi connectivity index (χ3v) is 7.61. The standard InChI is InChI=1S/C34H33ClFN5O5/c1-21(42)41(2)11-4-7-33(43)40-30-15-27-29(16-32(30)46-26-10-12-44-20-26)38-18-23(17-37)34(27)39-25-8-9-31(28(35)14-25)45-19-22-5-3-6-24(36)13-22/h3-9,13-16,18,21,26,42H,10-12,19-20H2,1-2H3,(H,38,39)(H,40,43)/b7-4+/t21-,26?/m0/s1. The molecule has 1 unspecified atom stereocenters. The lowest BCUT2D eigenvalue weighted by atomic mass is 10.1. The van der Waals surface area contributed by atoms with E-state index in [9.17, 15) is 19.6 Å². The average Bonchev–Trinajstić information content (AvgIpc) is 3.54. The third kappa shape index (κ3) is 8.29. The molecule has 0 radical (unpaired) electrons. The lowest BCUT2D eigenvalue weighted by molar-refractivity contribution is -0.112. The van der Waals surface area contributed by atoms with Crippen molar-refractivity contribution in [2.45, 2.75) is 32.3 Å². The second-order valence-corrected chi connectivity index (χ2v) is 11.2. The van der Waals surface area contributed by atoms with Crippen LogP contribution in [0.5, 0.6) is 11.5 Å². The molecule has 2 heterocycles. The highest BCUT2D eigenvalue weighted by Crippen LogP contribution is 2.38. The van der Waals surface area contributed by atoms with Crippen LogP contribution < -0.4 is 20.1 Å². The van der Waals surface area contributed by atoms with E-state index >= 15 is 0 Å². The van der Waals surface area contributed by atoms with Crippen LogP contribution >= 0.6 is 11.6 Å². The maximum Gasteiger partial charge on any atom is 0.248 e. The van der Waals surface area contributed by atoms with Gasteiger partial charge in [-0.3, -0.25) is 14.7 Å². The first kappa shape index (κ1) is 32.7. The molecule has 0 spiro atoms. The first-order chi connectivity index (χ1) is 22.2. The minimum absolute atomic E-state index is 0.135. The summed E-state index contributed by atoms with van der Waals surface area (Å²) in [6.45, 7) is 3.14. The van der Waals surface area contributed by atoms with Gasteiger partial charge >= 0.3 is 0 Å². The van der Waals surface area contributed by atoms with Gasteiger partial charge in [-0.2, -0.15) is 5.26 Å². The molecule has 46 heavy (non-hydrogen) atoms. The number of hydrogen-bond donors (Lipinski definition) is 3. The van der Waals surface area contributed by atoms with Gasteiger partial charge in [-0.1, -0.05) is 29.8 Å². The summed E-state index contributed by atoms with van der Waals surface area (Å²) < 4.78 is 31.0. The zero-order valence-corrected chi connectivity index (χ0v) is 26.1. The van der Waals surface area contributed by atoms with Crippen molar-refractivity contribution in [3.05, 3.63) is 94.9 Å². The Labute approximate surface area is 271 Å². The molecule has 0 aliphatic carbocycles. The number of benzene rings is 3. The topological polar surface area (TPSA) is 129 Å². The molecule has 1 aliphatic rings. The second kappa shape index (κ2) is 15.0. The number of pyridine rings is 1. The molecule has 10 nitrogen and oxygen atoms in total. The van der Waals surface area contributed by atoms with Crippen LogP contribution in [0.2, 0.25) is 5.02 Å². The Hall–Kier alpha value is -4.73. The molecular weight excluding hydrogens is 613 g/mol. The van der Waals surface area contributed by atoms with Crippen LogP contribution in [0.4, 0.5) is 21.5 Å². The number of amides is 1. The maximum atomic E-state index is 13.5. The number of rotatable bonds is 12. The molecule has 1 amide bonds. The van der Waals surface area contributed by atoms with Crippen molar-refractivity contribution in [3.63, 3.8) is 0 Å². The summed E-state index contributed by atoms with van der Waals surface area (Å²) in [5, 5.41) is 26.7. The van der Waals surface area contributed by atoms with E-state index in [0.717, 1.165) is 0 Å². The fourth-order valence-corrected chi connectivity index (χ4v) is 4.94. The number of fused-ring (bicyclic) bond motifs is 1. The molecule has 0 bridgehead atoms. The molecule has 1 saturated heterocycles. The Morgan fingerprint density at radius 1 is 1.28 bits per heavy atom. The summed E-state index contributed by atoms with van der Waals surface area (Å²) in [5.41, 5.74) is 2.88. The zero-order chi connectivity index (χ0) is 32.6. The number of aliphatic hydroxyl groups is 1. The van der Waals surface area contributed by atoms with E-state index in [1.165, 1.54) is 24.4 Å². The predicted molar refractivity (Wildman–Crippen MR) is 174 cm³/mol. The van der Waals surface area contributed by atoms with E-state index < -0.39 is 12.1 Å². The van der Waals surface area contributed by atoms with Crippen LogP contribution in [0.1, 0.15) is 24.5 Å². The van der Waals surface area contributed by atoms with Gasteiger partial charge in [0, 0.05) is 42.4 Å². The maximum absolute atomic E-state index is 13.5. The zero-order valence-electron chi connectivity index (χ0n) is 25.3. The molecule has 238 valence electrons. The van der Waals surface area contributed by atoms with Gasteiger partial charge in [0.25, 0.3) is 0 Å². The number of anilines is 3. The minimum atomic E-state index is -0.659. The van der Waals surface area contributed by atoms with Gasteiger partial charge in [0.1, 0.15) is 42.3 Å². The number of carbonyl (C=O) groups excluding carboxylic acids is 1. The summed E-state index contributed by atoms with van der Waals surface area (Å²) >= 11 is 6.53. The molecule has 1 fully saturated rings. The van der Waals surface area contributed by atoms with Gasteiger partial charge in [-0.05, 0) is 55.9 Å². The van der Waals surface area contributed by atoms with E-state index in [1.807, 2.05) is 0 Å². The highest BCUT2D eigenvalue weighted by molar-refractivity contribution is 6.32. The number of hydrogen-bond acceptors (Lipinski definition) is 9. The molecule has 0 saturated carbocycles. The number of nitrogens with one attached hydrogen (secondary N) is 2. The van der Waals surface area contributed by atoms with Crippen molar-refractivity contribution in [2.24, 2.45) is 0 Å². The normalized spacial score (nSPS) is 15.2. The van der Waals surface area contributed by atoms with Crippen molar-refractivity contribution in [3.8, 4) is 17.6 Å². The molecule has 12 heteroatoms. The first-order valence-corrected chi connectivity index (χ1v) is 15.0. The number of likely N-dealkylation sites (N-methyl/N-ethyl adjacent to an activating group) is 1. The van der Waals surface area contributed by atoms with E-state index in [1.54, 1.807) is 67.4 Å². The van der Waals surface area contributed by atoms with Gasteiger partial charge in [0.2, 0.25) is 5.91 Å². The van der Waals surface area contributed by atoms with E-state index in [0.29, 0.717) is 76.2 Å². The fourth-order valence-electron chi connectivity index (χ4n) is 4.70. The quantitative estimate of drug-likeness (QED) is 0.123. The van der Waals surface area contributed by atoms with Gasteiger partial charge in [0.05, 0.1) is 40.7 Å². The summed E-state index contributed by atoms with van der Waals surface area (Å²) in [7, 11) is 1.74. The monoisotopic (exact) mass is 645 g/mol. The average molecular weight is 646 g/mol. The van der Waals surface area contributed by atoms with Crippen molar-refractivity contribution < 1.29 is 28.5 Å². The molecule has 3 aromatic carbocycles. The number of nitriles is 1. The number of aromatic nitrogens is 1. The molecule has 5 rings (SSSR count). The Bertz CT molecular complexity index is 1790. The Morgan fingerprint density at radius 2 is 2.13 bits per heavy atom. The second-order valence-electron chi connectivity index (χ2n) is 10.8. The van der Waals surface area contributed by atoms with Crippen LogP contribution in [-0.2, 0) is 16.1 Å². The summed E-state index contributed by atoms with van der Waals surface area (Å²) in [4.78, 5) is 19.1. The molecule has 3 N–H and O–H groups in total. The fraction of sp³-hybridized carbons (Fsp3) is 0.265. The van der Waals surface area contributed by atoms with Crippen molar-refractivity contribution in [1.29, 1.82) is 5.26 Å². The lowest BCUT2D eigenvalue weighted by Gasteiger charge is -2.19. The molecule has 1 aromatic heterocycles. The predicted octanol–water partition coefficient (Wildman–Crippen LogP) is 6.15. The van der Waals surface area contributed by atoms with Crippen LogP contribution in [0, 0.1) is 17.1 Å². The van der Waals surface area contributed by atoms with Crippen LogP contribution in [0.15, 0.2) is 72.9 Å². The van der Waals surface area contributed by atoms with Crippen molar-refractivity contribution in [1.82, 2.24) is 9.88 Å². The minimum Gasteiger partial charge on any atom is -0.487 e. The van der Waals surface area contributed by atoms with Crippen molar-refractivity contribution >= 4 is 45.5 Å². The van der Waals surface area contributed by atoms with E-state index in [4.69, 9.17) is 25.8 Å². The van der Waals surface area contributed by atoms with Gasteiger partial charge in [-0.15, -0.1) is 0 Å². The highest BCUT2D eigenvalue weighted by Gasteiger charge is 2.21. The summed E-state index contributed by atoms with van der Waals surface area (Å²) in [6.07, 6.45) is 4.34. The highest BCUT2D eigenvalue weighted by atomic mass is 35.5. The van der Waals surface area contributed by atoms with Gasteiger partial charge in [-0.25, -0.2) is 4.39 Å². The number of nitrogens with zero attached hydrogens (tertiary/aromatic N) is 3. The lowest BCUT2D eigenvalue weighted by Crippen LogP contribution is -2.28. The number of carbonyl (C=O) groups is 1. The van der Waals surface area contributed by atoms with Crippen LogP contribution in [0.3, 0.4) is 0 Å². The Morgan fingerprint density at radius 3 is 2.85 bits per heavy atom. The van der Waals surface area contributed by atoms with Gasteiger partial charge < -0.3 is 30.0 Å². The molecule has 2 atom stereocenters. The SMILES string of the molecule is C[C@H](O)N(C)C/C=C/C(=O)Nc1cc2c(Nc3ccc(OCc4cccc(F)c4)c(Cl)c3)c(C#N)cnc2cc1OC1CCOC1. The smallest absolute Gasteiger partial charge is 0.248 e. The first-order valence-electron chi connectivity index (χ1n) is 14.6. The largest absolute Gasteiger partial charge is 0.487 e. The van der Waals surface area contributed by atoms with Gasteiger partial charge in [0.15, 0.2) is 0 Å². The number of ether oxygens (including phenoxy) is 3. The Balaban J connectivity index is 1.43. The van der Waals surface area contributed by atoms with E-state index in [-0.39, 0.29) is 24.1 Å². The van der Waals surface area contributed by atoms with E-state index in [2.05, 4.69) is 21.7 Å². The molecular formula is C34H33ClFN5O5. The summed E-state index contributed by atoms with van der Waals surface area (Å²) in [6, 6.07) is 16.8. The third-order valence-electron chi connectivity index (χ3n) is 7.31.